The Balaban J connectivity index is 1.52. The Hall–Kier alpha value is -2.51. The molecule has 0 aliphatic carbocycles. The standard InChI is InChI=1S/C17H14N4OS2/c22-15(10-9-14-8-4-5-11-18-14)19-16-20-21-17(24-16)23-12-13-6-2-1-3-7-13/h1-11H,12H2,(H,19,20,22)/b10-9+. The number of nitrogens with one attached hydrogen (secondary N) is 1. The number of rotatable bonds is 6. The molecule has 1 N–H and O–H groups in total. The Morgan fingerprint density at radius 2 is 1.96 bits per heavy atom. The molecule has 3 rings (SSSR count). The molecule has 1 aromatic carbocycles. The fourth-order valence-electron chi connectivity index (χ4n) is 1.82. The molecule has 0 radical (unpaired) electrons. The fraction of sp³-hybridized carbons (Fsp3) is 0.0588. The smallest absolute Gasteiger partial charge is 0.250 e. The summed E-state index contributed by atoms with van der Waals surface area (Å²) >= 11 is 2.96. The highest BCUT2D eigenvalue weighted by Gasteiger charge is 2.07. The van der Waals surface area contributed by atoms with Gasteiger partial charge in [-0.3, -0.25) is 15.1 Å². The second-order valence-electron chi connectivity index (χ2n) is 4.72. The molecule has 24 heavy (non-hydrogen) atoms. The van der Waals surface area contributed by atoms with E-state index in [1.165, 1.54) is 23.0 Å². The number of carbonyl (C=O) groups is 1. The van der Waals surface area contributed by atoms with Crippen molar-refractivity contribution < 1.29 is 4.79 Å². The van der Waals surface area contributed by atoms with Gasteiger partial charge in [-0.25, -0.2) is 0 Å². The first-order valence-corrected chi connectivity index (χ1v) is 9.00. The average Bonchev–Trinajstić information content (AvgIpc) is 3.07. The molecule has 0 fully saturated rings. The molecule has 2 heterocycles. The highest BCUT2D eigenvalue weighted by molar-refractivity contribution is 8.00. The van der Waals surface area contributed by atoms with Crippen molar-refractivity contribution in [3.05, 3.63) is 72.1 Å². The Morgan fingerprint density at radius 1 is 1.12 bits per heavy atom. The molecule has 0 bridgehead atoms. The number of thioether (sulfide) groups is 1. The van der Waals surface area contributed by atoms with Crippen molar-refractivity contribution in [3.8, 4) is 0 Å². The molecular formula is C17H14N4OS2. The highest BCUT2D eigenvalue weighted by Crippen LogP contribution is 2.28. The average molecular weight is 354 g/mol. The van der Waals surface area contributed by atoms with Gasteiger partial charge in [-0.1, -0.05) is 59.5 Å². The second kappa shape index (κ2) is 8.37. The van der Waals surface area contributed by atoms with Crippen LogP contribution in [-0.4, -0.2) is 21.1 Å². The number of aromatic nitrogens is 3. The summed E-state index contributed by atoms with van der Waals surface area (Å²) in [6, 6.07) is 15.7. The number of anilines is 1. The van der Waals surface area contributed by atoms with Crippen LogP contribution in [0.3, 0.4) is 0 Å². The molecule has 0 saturated carbocycles. The highest BCUT2D eigenvalue weighted by atomic mass is 32.2. The lowest BCUT2D eigenvalue weighted by Gasteiger charge is -1.97. The fourth-order valence-corrected chi connectivity index (χ4v) is 3.53. The first-order chi connectivity index (χ1) is 11.8. The minimum atomic E-state index is -0.253. The summed E-state index contributed by atoms with van der Waals surface area (Å²) in [6.07, 6.45) is 4.76. The minimum Gasteiger partial charge on any atom is -0.297 e. The van der Waals surface area contributed by atoms with Gasteiger partial charge in [0.05, 0.1) is 5.69 Å². The first-order valence-electron chi connectivity index (χ1n) is 7.20. The third kappa shape index (κ3) is 5.00. The number of pyridine rings is 1. The lowest BCUT2D eigenvalue weighted by atomic mass is 10.2. The third-order valence-corrected chi connectivity index (χ3v) is 4.98. The number of amides is 1. The van der Waals surface area contributed by atoms with E-state index in [4.69, 9.17) is 0 Å². The summed E-state index contributed by atoms with van der Waals surface area (Å²) in [7, 11) is 0. The number of nitrogens with zero attached hydrogens (tertiary/aromatic N) is 3. The maximum Gasteiger partial charge on any atom is 0.250 e. The van der Waals surface area contributed by atoms with Crippen LogP contribution < -0.4 is 5.32 Å². The van der Waals surface area contributed by atoms with Crippen LogP contribution in [0.4, 0.5) is 5.13 Å². The summed E-state index contributed by atoms with van der Waals surface area (Å²) < 4.78 is 0.822. The minimum absolute atomic E-state index is 0.253. The van der Waals surface area contributed by atoms with E-state index in [9.17, 15) is 4.79 Å². The van der Waals surface area contributed by atoms with Crippen molar-refractivity contribution in [1.29, 1.82) is 0 Å². The summed E-state index contributed by atoms with van der Waals surface area (Å²) in [5.41, 5.74) is 1.95. The zero-order valence-electron chi connectivity index (χ0n) is 12.6. The zero-order chi connectivity index (χ0) is 16.6. The Kier molecular flexibility index (Phi) is 5.70. The molecule has 7 heteroatoms. The summed E-state index contributed by atoms with van der Waals surface area (Å²) in [6.45, 7) is 0. The maximum atomic E-state index is 11.9. The van der Waals surface area contributed by atoms with Crippen LogP contribution in [0.5, 0.6) is 0 Å². The van der Waals surface area contributed by atoms with E-state index in [2.05, 4.69) is 32.6 Å². The number of hydrogen-bond donors (Lipinski definition) is 1. The van der Waals surface area contributed by atoms with Gasteiger partial charge in [0.15, 0.2) is 4.34 Å². The van der Waals surface area contributed by atoms with E-state index in [0.717, 1.165) is 15.8 Å². The van der Waals surface area contributed by atoms with Crippen molar-refractivity contribution in [2.75, 3.05) is 5.32 Å². The Morgan fingerprint density at radius 3 is 2.75 bits per heavy atom. The van der Waals surface area contributed by atoms with Gasteiger partial charge >= 0.3 is 0 Å². The zero-order valence-corrected chi connectivity index (χ0v) is 14.3. The molecule has 3 aromatic rings. The predicted molar refractivity (Wildman–Crippen MR) is 97.8 cm³/mol. The van der Waals surface area contributed by atoms with Crippen molar-refractivity contribution in [3.63, 3.8) is 0 Å². The van der Waals surface area contributed by atoms with Gasteiger partial charge in [-0.15, -0.1) is 10.2 Å². The van der Waals surface area contributed by atoms with Crippen LogP contribution in [0.25, 0.3) is 6.08 Å². The van der Waals surface area contributed by atoms with E-state index in [1.54, 1.807) is 24.0 Å². The quantitative estimate of drug-likeness (QED) is 0.413. The molecule has 0 saturated heterocycles. The molecule has 0 aliphatic rings. The largest absolute Gasteiger partial charge is 0.297 e. The van der Waals surface area contributed by atoms with Gasteiger partial charge in [0, 0.05) is 18.0 Å². The van der Waals surface area contributed by atoms with Crippen LogP contribution in [0, 0.1) is 0 Å². The Labute approximate surface area is 147 Å². The molecule has 1 amide bonds. The molecule has 0 unspecified atom stereocenters. The van der Waals surface area contributed by atoms with Gasteiger partial charge in [0.25, 0.3) is 0 Å². The molecular weight excluding hydrogens is 340 g/mol. The first kappa shape index (κ1) is 16.4. The van der Waals surface area contributed by atoms with Crippen LogP contribution in [0.2, 0.25) is 0 Å². The van der Waals surface area contributed by atoms with Crippen molar-refractivity contribution in [2.45, 2.75) is 10.1 Å². The van der Waals surface area contributed by atoms with Crippen molar-refractivity contribution >= 4 is 40.2 Å². The molecule has 0 aliphatic heterocycles. The second-order valence-corrected chi connectivity index (χ2v) is 6.92. The normalized spacial score (nSPS) is 10.8. The van der Waals surface area contributed by atoms with Gasteiger partial charge in [0.1, 0.15) is 0 Å². The van der Waals surface area contributed by atoms with E-state index in [-0.39, 0.29) is 5.91 Å². The van der Waals surface area contributed by atoms with Gasteiger partial charge in [-0.2, -0.15) is 0 Å². The topological polar surface area (TPSA) is 67.8 Å². The van der Waals surface area contributed by atoms with E-state index in [1.807, 2.05) is 36.4 Å². The summed E-state index contributed by atoms with van der Waals surface area (Å²) in [5.74, 6) is 0.569. The maximum absolute atomic E-state index is 11.9. The number of hydrogen-bond acceptors (Lipinski definition) is 6. The molecule has 120 valence electrons. The van der Waals surface area contributed by atoms with Crippen molar-refractivity contribution in [2.24, 2.45) is 0 Å². The molecule has 0 spiro atoms. The lowest BCUT2D eigenvalue weighted by molar-refractivity contribution is -0.111. The summed E-state index contributed by atoms with van der Waals surface area (Å²) in [4.78, 5) is 16.0. The SMILES string of the molecule is O=C(/C=C/c1ccccn1)Nc1nnc(SCc2ccccc2)s1. The van der Waals surface area contributed by atoms with E-state index < -0.39 is 0 Å². The molecule has 2 aromatic heterocycles. The lowest BCUT2D eigenvalue weighted by Crippen LogP contribution is -2.07. The van der Waals surface area contributed by atoms with E-state index in [0.29, 0.717) is 5.13 Å². The summed E-state index contributed by atoms with van der Waals surface area (Å²) in [5, 5.41) is 11.3. The Bertz CT molecular complexity index is 819. The van der Waals surface area contributed by atoms with Gasteiger partial charge in [-0.05, 0) is 23.8 Å². The molecule has 5 nitrogen and oxygen atoms in total. The van der Waals surface area contributed by atoms with Crippen LogP contribution >= 0.6 is 23.1 Å². The predicted octanol–water partition coefficient (Wildman–Crippen LogP) is 3.88. The van der Waals surface area contributed by atoms with Crippen LogP contribution in [0.1, 0.15) is 11.3 Å². The van der Waals surface area contributed by atoms with Crippen molar-refractivity contribution in [1.82, 2.24) is 15.2 Å². The van der Waals surface area contributed by atoms with Crippen LogP contribution in [0.15, 0.2) is 65.1 Å². The number of carbonyl (C=O) groups excluding carboxylic acids is 1. The van der Waals surface area contributed by atoms with E-state index >= 15 is 0 Å². The van der Waals surface area contributed by atoms with Gasteiger partial charge < -0.3 is 0 Å². The van der Waals surface area contributed by atoms with Crippen LogP contribution in [-0.2, 0) is 10.5 Å². The number of benzene rings is 1. The monoisotopic (exact) mass is 354 g/mol. The third-order valence-electron chi connectivity index (χ3n) is 2.93. The van der Waals surface area contributed by atoms with Gasteiger partial charge in [0.2, 0.25) is 11.0 Å². The molecule has 0 atom stereocenters.